The molecule has 0 aromatic rings. The van der Waals surface area contributed by atoms with Crippen LogP contribution < -0.4 is 0 Å². The smallest absolute Gasteiger partial charge is 0.161 e. The monoisotopic (exact) mass is 342 g/mol. The van der Waals surface area contributed by atoms with Gasteiger partial charge in [-0.3, -0.25) is 9.59 Å². The molecule has 3 nitrogen and oxygen atoms in total. The minimum atomic E-state index is -0.424. The number of aliphatic hydroxyl groups excluding tert-OH is 1. The summed E-state index contributed by atoms with van der Waals surface area (Å²) in [6, 6.07) is 0. The standard InChI is InChI=1S/C22H30O3/c1-18(2)14-11-17(25)20(4)13(19(14,3)8-6-15(18)23)5-9-21-12-22(20,21)10-7-16(21)24/h6,8,13-14,17,25H,5,7,9-12H2,1-4H3. The van der Waals surface area contributed by atoms with Gasteiger partial charge >= 0.3 is 0 Å². The first kappa shape index (κ1) is 16.2. The van der Waals surface area contributed by atoms with Crippen LogP contribution in [0.2, 0.25) is 0 Å². The third-order valence-corrected chi connectivity index (χ3v) is 10.1. The van der Waals surface area contributed by atoms with Gasteiger partial charge in [0, 0.05) is 22.7 Å². The van der Waals surface area contributed by atoms with Gasteiger partial charge in [-0.1, -0.05) is 33.8 Å². The Bertz CT molecular complexity index is 736. The number of fused-ring (bicyclic) bond motifs is 3. The highest BCUT2D eigenvalue weighted by Crippen LogP contribution is 2.87. The molecule has 25 heavy (non-hydrogen) atoms. The first-order valence-electron chi connectivity index (χ1n) is 10.0. The van der Waals surface area contributed by atoms with Crippen LogP contribution in [0.15, 0.2) is 12.2 Å². The zero-order valence-corrected chi connectivity index (χ0v) is 15.9. The number of aliphatic hydroxyl groups is 1. The van der Waals surface area contributed by atoms with Crippen molar-refractivity contribution in [1.29, 1.82) is 0 Å². The van der Waals surface area contributed by atoms with Crippen molar-refractivity contribution in [3.05, 3.63) is 12.2 Å². The van der Waals surface area contributed by atoms with Crippen LogP contribution in [0.1, 0.15) is 66.2 Å². The molecule has 0 aliphatic heterocycles. The Balaban J connectivity index is 1.67. The lowest BCUT2D eigenvalue weighted by Gasteiger charge is -2.65. The first-order chi connectivity index (χ1) is 11.6. The molecule has 0 aromatic carbocycles. The van der Waals surface area contributed by atoms with E-state index in [0.29, 0.717) is 24.5 Å². The van der Waals surface area contributed by atoms with Crippen LogP contribution in [0.5, 0.6) is 0 Å². The molecule has 0 aromatic heterocycles. The summed E-state index contributed by atoms with van der Waals surface area (Å²) in [7, 11) is 0. The van der Waals surface area contributed by atoms with E-state index in [0.717, 1.165) is 25.7 Å². The summed E-state index contributed by atoms with van der Waals surface area (Å²) in [6.07, 6.45) is 8.89. The maximum absolute atomic E-state index is 12.7. The van der Waals surface area contributed by atoms with E-state index in [1.54, 1.807) is 6.08 Å². The predicted molar refractivity (Wildman–Crippen MR) is 94.7 cm³/mol. The van der Waals surface area contributed by atoms with E-state index < -0.39 is 11.5 Å². The minimum Gasteiger partial charge on any atom is -0.393 e. The molecule has 5 aliphatic carbocycles. The summed E-state index contributed by atoms with van der Waals surface area (Å²) in [5.41, 5.74) is -0.796. The van der Waals surface area contributed by atoms with Gasteiger partial charge in [0.25, 0.3) is 0 Å². The summed E-state index contributed by atoms with van der Waals surface area (Å²) < 4.78 is 0. The molecular formula is C22H30O3. The Morgan fingerprint density at radius 2 is 1.80 bits per heavy atom. The molecular weight excluding hydrogens is 312 g/mol. The summed E-state index contributed by atoms with van der Waals surface area (Å²) in [4.78, 5) is 25.2. The van der Waals surface area contributed by atoms with E-state index in [2.05, 4.69) is 33.8 Å². The topological polar surface area (TPSA) is 54.4 Å². The van der Waals surface area contributed by atoms with Crippen molar-refractivity contribution in [3.63, 3.8) is 0 Å². The molecule has 4 fully saturated rings. The van der Waals surface area contributed by atoms with Crippen molar-refractivity contribution >= 4 is 11.6 Å². The molecule has 3 heteroatoms. The summed E-state index contributed by atoms with van der Waals surface area (Å²) in [6.45, 7) is 8.71. The summed E-state index contributed by atoms with van der Waals surface area (Å²) >= 11 is 0. The lowest BCUT2D eigenvalue weighted by molar-refractivity contribution is -0.199. The lowest BCUT2D eigenvalue weighted by atomic mass is 9.39. The van der Waals surface area contributed by atoms with Crippen LogP contribution in [-0.4, -0.2) is 22.8 Å². The molecule has 0 bridgehead atoms. The average molecular weight is 342 g/mol. The van der Waals surface area contributed by atoms with Gasteiger partial charge in [0.2, 0.25) is 0 Å². The zero-order chi connectivity index (χ0) is 18.0. The predicted octanol–water partition coefficient (Wildman–Crippen LogP) is 3.69. The van der Waals surface area contributed by atoms with Crippen molar-refractivity contribution in [2.24, 2.45) is 38.9 Å². The van der Waals surface area contributed by atoms with Crippen LogP contribution in [0.25, 0.3) is 0 Å². The van der Waals surface area contributed by atoms with Crippen LogP contribution in [0, 0.1) is 38.9 Å². The number of allylic oxidation sites excluding steroid dienone is 2. The fourth-order valence-electron chi connectivity index (χ4n) is 8.62. The van der Waals surface area contributed by atoms with Crippen LogP contribution in [0.3, 0.4) is 0 Å². The molecule has 0 heterocycles. The van der Waals surface area contributed by atoms with Crippen molar-refractivity contribution in [2.75, 3.05) is 0 Å². The quantitative estimate of drug-likeness (QED) is 0.730. The second-order valence-corrected chi connectivity index (χ2v) is 10.7. The van der Waals surface area contributed by atoms with Crippen LogP contribution in [0.4, 0.5) is 0 Å². The van der Waals surface area contributed by atoms with E-state index in [4.69, 9.17) is 0 Å². The number of hydrogen-bond acceptors (Lipinski definition) is 3. The minimum absolute atomic E-state index is 0.0207. The van der Waals surface area contributed by atoms with E-state index >= 15 is 0 Å². The molecule has 0 radical (unpaired) electrons. The first-order valence-corrected chi connectivity index (χ1v) is 10.0. The Morgan fingerprint density at radius 3 is 2.52 bits per heavy atom. The van der Waals surface area contributed by atoms with Crippen LogP contribution in [-0.2, 0) is 9.59 Å². The van der Waals surface area contributed by atoms with Gasteiger partial charge in [-0.25, -0.2) is 0 Å². The maximum Gasteiger partial charge on any atom is 0.161 e. The van der Waals surface area contributed by atoms with E-state index in [-0.39, 0.29) is 33.4 Å². The molecule has 136 valence electrons. The van der Waals surface area contributed by atoms with Gasteiger partial charge in [0.05, 0.1) is 6.10 Å². The highest BCUT2D eigenvalue weighted by atomic mass is 16.3. The highest BCUT2D eigenvalue weighted by molar-refractivity contribution is 5.96. The Kier molecular flexibility index (Phi) is 2.68. The van der Waals surface area contributed by atoms with Crippen molar-refractivity contribution in [3.8, 4) is 0 Å². The highest BCUT2D eigenvalue weighted by Gasteiger charge is 2.85. The Labute approximate surface area is 150 Å². The van der Waals surface area contributed by atoms with E-state index in [1.165, 1.54) is 0 Å². The number of Topliss-reactive ketones (excluding diaryl/α,β-unsaturated/α-hetero) is 1. The number of carbonyl (C=O) groups excluding carboxylic acids is 2. The summed E-state index contributed by atoms with van der Waals surface area (Å²) in [5, 5.41) is 11.4. The molecule has 5 aliphatic rings. The lowest BCUT2D eigenvalue weighted by Crippen LogP contribution is -2.64. The normalized spacial score (nSPS) is 58.2. The number of carbonyl (C=O) groups is 2. The van der Waals surface area contributed by atoms with Crippen molar-refractivity contribution in [2.45, 2.75) is 72.3 Å². The van der Waals surface area contributed by atoms with Gasteiger partial charge < -0.3 is 5.11 Å². The number of rotatable bonds is 0. The molecule has 0 amide bonds. The Morgan fingerprint density at radius 1 is 1.08 bits per heavy atom. The van der Waals surface area contributed by atoms with Gasteiger partial charge in [0.1, 0.15) is 5.78 Å². The molecule has 1 N–H and O–H groups in total. The SMILES string of the molecule is CC1(C)C(=O)C=CC2(C)C1CC(O)C1(C)C2CCC23CC21CCC3=O. The third kappa shape index (κ3) is 1.41. The van der Waals surface area contributed by atoms with Crippen LogP contribution >= 0.6 is 0 Å². The van der Waals surface area contributed by atoms with Crippen molar-refractivity contribution < 1.29 is 14.7 Å². The molecule has 0 saturated heterocycles. The van der Waals surface area contributed by atoms with Gasteiger partial charge in [-0.15, -0.1) is 0 Å². The number of hydrogen-bond donors (Lipinski definition) is 1. The van der Waals surface area contributed by atoms with E-state index in [1.807, 2.05) is 0 Å². The zero-order valence-electron chi connectivity index (χ0n) is 15.9. The largest absolute Gasteiger partial charge is 0.393 e. The molecule has 7 unspecified atom stereocenters. The second-order valence-electron chi connectivity index (χ2n) is 10.7. The van der Waals surface area contributed by atoms with Gasteiger partial charge in [0.15, 0.2) is 5.78 Å². The van der Waals surface area contributed by atoms with Gasteiger partial charge in [-0.05, 0) is 60.8 Å². The molecule has 0 spiro atoms. The van der Waals surface area contributed by atoms with Crippen molar-refractivity contribution in [1.82, 2.24) is 0 Å². The second kappa shape index (κ2) is 4.13. The number of ketones is 2. The maximum atomic E-state index is 12.7. The molecule has 4 saturated carbocycles. The molecule has 7 atom stereocenters. The fraction of sp³-hybridized carbons (Fsp3) is 0.818. The fourth-order valence-corrected chi connectivity index (χ4v) is 8.62. The molecule has 5 rings (SSSR count). The average Bonchev–Trinajstić information content (AvgIpc) is 3.17. The third-order valence-electron chi connectivity index (χ3n) is 10.1. The summed E-state index contributed by atoms with van der Waals surface area (Å²) in [5.74, 6) is 1.17. The van der Waals surface area contributed by atoms with Gasteiger partial charge in [-0.2, -0.15) is 0 Å². The van der Waals surface area contributed by atoms with E-state index in [9.17, 15) is 14.7 Å². The Hall–Kier alpha value is -0.960.